The molecule has 340 valence electrons. The van der Waals surface area contributed by atoms with Crippen LogP contribution in [0.4, 0.5) is 0 Å². The monoisotopic (exact) mass is 880 g/mol. The van der Waals surface area contributed by atoms with E-state index in [2.05, 4.69) is 24.3 Å². The summed E-state index contributed by atoms with van der Waals surface area (Å²) in [6.45, 7) is 2.55. The first-order valence-electron chi connectivity index (χ1n) is 22.5. The minimum atomic E-state index is -0.828. The summed E-state index contributed by atoms with van der Waals surface area (Å²) in [7, 11) is 1.62. The zero-order chi connectivity index (χ0) is 44.3. The van der Waals surface area contributed by atoms with Crippen molar-refractivity contribution >= 4 is 0 Å². The lowest BCUT2D eigenvalue weighted by Crippen LogP contribution is -2.63. The summed E-state index contributed by atoms with van der Waals surface area (Å²) in [5.74, 6) is 0. The Bertz CT molecular complexity index is 2190. The van der Waals surface area contributed by atoms with Crippen LogP contribution in [0.5, 0.6) is 0 Å². The quantitative estimate of drug-likeness (QED) is 0.0620. The molecule has 2 aliphatic heterocycles. The van der Waals surface area contributed by atoms with Crippen molar-refractivity contribution in [2.75, 3.05) is 20.3 Å². The van der Waals surface area contributed by atoms with Crippen LogP contribution in [0, 0.1) is 0 Å². The molecule has 8 rings (SSSR count). The Hall–Kier alpha value is -5.08. The first-order valence-corrected chi connectivity index (χ1v) is 22.5. The summed E-state index contributed by atoms with van der Waals surface area (Å²) in [6, 6.07) is 60.5. The number of methoxy groups -OCH3 is 1. The van der Waals surface area contributed by atoms with Gasteiger partial charge in [0.05, 0.1) is 59.0 Å². The zero-order valence-electron chi connectivity index (χ0n) is 37.0. The predicted octanol–water partition coefficient (Wildman–Crippen LogP) is 9.63. The van der Waals surface area contributed by atoms with Crippen LogP contribution in [0.3, 0.4) is 0 Å². The van der Waals surface area contributed by atoms with E-state index in [0.717, 1.165) is 33.4 Å². The molecule has 0 aliphatic carbocycles. The molecular formula is C55H60O10. The second-order valence-corrected chi connectivity index (χ2v) is 16.3. The van der Waals surface area contributed by atoms with E-state index in [-0.39, 0.29) is 19.8 Å². The standard InChI is InChI=1S/C55H60O10/c1-56-55-54(62-38-46-30-18-7-19-31-46)53(52(61-37-45-28-16-6-17-29-45)49(64-55)40-58-34-42-22-10-3-11-23-42)65-50-32-47(59-35-43-24-12-4-13-25-43)51(60-36-44-26-14-5-15-27-44)48(63-50)39-57-33-41-20-8-2-9-21-41/h2-31,47-55H,32-40H2,1H3/t47-,48-,49-,50-,51+,52-,53+,54-,55+/m1/s1. The van der Waals surface area contributed by atoms with Gasteiger partial charge in [-0.2, -0.15) is 0 Å². The molecule has 0 radical (unpaired) electrons. The molecule has 10 heteroatoms. The number of hydrogen-bond donors (Lipinski definition) is 0. The van der Waals surface area contributed by atoms with Gasteiger partial charge >= 0.3 is 0 Å². The molecule has 0 spiro atoms. The Morgan fingerprint density at radius 1 is 0.385 bits per heavy atom. The third kappa shape index (κ3) is 14.0. The number of ether oxygens (including phenoxy) is 10. The Kier molecular flexibility index (Phi) is 17.9. The van der Waals surface area contributed by atoms with E-state index in [0.29, 0.717) is 39.5 Å². The molecule has 0 saturated carbocycles. The van der Waals surface area contributed by atoms with Crippen LogP contribution in [0.15, 0.2) is 182 Å². The average Bonchev–Trinajstić information content (AvgIpc) is 3.36. The Morgan fingerprint density at radius 2 is 0.738 bits per heavy atom. The molecule has 0 amide bonds. The van der Waals surface area contributed by atoms with Crippen LogP contribution < -0.4 is 0 Å². The normalized spacial score (nSPS) is 24.4. The molecule has 2 fully saturated rings. The molecule has 65 heavy (non-hydrogen) atoms. The van der Waals surface area contributed by atoms with Crippen molar-refractivity contribution in [3.05, 3.63) is 215 Å². The van der Waals surface area contributed by atoms with Crippen molar-refractivity contribution in [1.82, 2.24) is 0 Å². The highest BCUT2D eigenvalue weighted by Gasteiger charge is 2.51. The SMILES string of the molecule is CO[C@H]1O[C@H](COCc2ccccc2)[C@@H](OCc2ccccc2)[C@H](O[C@@H]2C[C@@H](OCc3ccccc3)[C@H](OCc3ccccc3)[C@@H](COCc3ccccc3)O2)[C@H]1OCc1ccccc1. The molecule has 6 aromatic rings. The lowest BCUT2D eigenvalue weighted by Gasteiger charge is -2.48. The fourth-order valence-corrected chi connectivity index (χ4v) is 8.21. The van der Waals surface area contributed by atoms with Gasteiger partial charge in [0.1, 0.15) is 36.6 Å². The van der Waals surface area contributed by atoms with Crippen molar-refractivity contribution < 1.29 is 47.4 Å². The molecule has 0 bridgehead atoms. The fourth-order valence-electron chi connectivity index (χ4n) is 8.21. The zero-order valence-corrected chi connectivity index (χ0v) is 37.0. The van der Waals surface area contributed by atoms with Crippen LogP contribution in [0.2, 0.25) is 0 Å². The Labute approximate surface area is 383 Å². The molecule has 0 aromatic heterocycles. The largest absolute Gasteiger partial charge is 0.374 e. The smallest absolute Gasteiger partial charge is 0.186 e. The molecule has 10 nitrogen and oxygen atoms in total. The molecule has 9 atom stereocenters. The van der Waals surface area contributed by atoms with Crippen LogP contribution in [0.1, 0.15) is 39.8 Å². The van der Waals surface area contributed by atoms with E-state index in [1.54, 1.807) is 7.11 Å². The van der Waals surface area contributed by atoms with E-state index in [4.69, 9.17) is 47.4 Å². The lowest BCUT2D eigenvalue weighted by molar-refractivity contribution is -0.357. The molecule has 2 saturated heterocycles. The minimum Gasteiger partial charge on any atom is -0.374 e. The maximum Gasteiger partial charge on any atom is 0.186 e. The van der Waals surface area contributed by atoms with Crippen LogP contribution in [0.25, 0.3) is 0 Å². The van der Waals surface area contributed by atoms with Gasteiger partial charge < -0.3 is 47.4 Å². The van der Waals surface area contributed by atoms with Crippen LogP contribution in [-0.4, -0.2) is 75.6 Å². The van der Waals surface area contributed by atoms with E-state index in [9.17, 15) is 0 Å². The highest BCUT2D eigenvalue weighted by molar-refractivity contribution is 5.18. The fraction of sp³-hybridized carbons (Fsp3) is 0.345. The maximum absolute atomic E-state index is 7.27. The first kappa shape index (κ1) is 46.4. The molecule has 2 heterocycles. The second kappa shape index (κ2) is 25.0. The van der Waals surface area contributed by atoms with Crippen molar-refractivity contribution in [3.63, 3.8) is 0 Å². The van der Waals surface area contributed by atoms with Gasteiger partial charge in [0, 0.05) is 13.5 Å². The summed E-state index contributed by atoms with van der Waals surface area (Å²) in [5.41, 5.74) is 6.19. The highest BCUT2D eigenvalue weighted by Crippen LogP contribution is 2.35. The molecule has 6 aromatic carbocycles. The van der Waals surface area contributed by atoms with Crippen LogP contribution >= 0.6 is 0 Å². The third-order valence-corrected chi connectivity index (χ3v) is 11.6. The molecular weight excluding hydrogens is 821 g/mol. The van der Waals surface area contributed by atoms with Gasteiger partial charge in [0.15, 0.2) is 12.6 Å². The van der Waals surface area contributed by atoms with Crippen molar-refractivity contribution in [3.8, 4) is 0 Å². The van der Waals surface area contributed by atoms with Crippen molar-refractivity contribution in [1.29, 1.82) is 0 Å². The van der Waals surface area contributed by atoms with Crippen molar-refractivity contribution in [2.45, 2.75) is 101 Å². The third-order valence-electron chi connectivity index (χ3n) is 11.6. The van der Waals surface area contributed by atoms with E-state index >= 15 is 0 Å². The lowest BCUT2D eigenvalue weighted by atomic mass is 9.97. The van der Waals surface area contributed by atoms with Gasteiger partial charge in [-0.25, -0.2) is 0 Å². The van der Waals surface area contributed by atoms with Gasteiger partial charge in [-0.15, -0.1) is 0 Å². The van der Waals surface area contributed by atoms with E-state index in [1.165, 1.54) is 0 Å². The minimum absolute atomic E-state index is 0.208. The second-order valence-electron chi connectivity index (χ2n) is 16.3. The summed E-state index contributed by atoms with van der Waals surface area (Å²) in [6.07, 6.45) is -5.55. The van der Waals surface area contributed by atoms with Crippen molar-refractivity contribution in [2.24, 2.45) is 0 Å². The van der Waals surface area contributed by atoms with E-state index < -0.39 is 55.3 Å². The number of benzene rings is 6. The predicted molar refractivity (Wildman–Crippen MR) is 246 cm³/mol. The van der Waals surface area contributed by atoms with Gasteiger partial charge in [-0.05, 0) is 33.4 Å². The summed E-state index contributed by atoms with van der Waals surface area (Å²) in [4.78, 5) is 0. The van der Waals surface area contributed by atoms with Gasteiger partial charge in [-0.1, -0.05) is 182 Å². The summed E-state index contributed by atoms with van der Waals surface area (Å²) >= 11 is 0. The maximum atomic E-state index is 7.27. The molecule has 2 aliphatic rings. The van der Waals surface area contributed by atoms with Gasteiger partial charge in [0.2, 0.25) is 0 Å². The number of rotatable bonds is 23. The average molecular weight is 881 g/mol. The summed E-state index contributed by atoms with van der Waals surface area (Å²) in [5, 5.41) is 0. The molecule has 0 N–H and O–H groups in total. The number of hydrogen-bond acceptors (Lipinski definition) is 10. The van der Waals surface area contributed by atoms with Gasteiger partial charge in [-0.3, -0.25) is 0 Å². The highest BCUT2D eigenvalue weighted by atomic mass is 16.7. The molecule has 0 unspecified atom stereocenters. The van der Waals surface area contributed by atoms with E-state index in [1.807, 2.05) is 158 Å². The Morgan fingerprint density at radius 3 is 1.15 bits per heavy atom. The van der Waals surface area contributed by atoms with Crippen LogP contribution in [-0.2, 0) is 87.0 Å². The topological polar surface area (TPSA) is 92.3 Å². The Balaban J connectivity index is 1.10. The van der Waals surface area contributed by atoms with Gasteiger partial charge in [0.25, 0.3) is 0 Å². The summed E-state index contributed by atoms with van der Waals surface area (Å²) < 4.78 is 67.2. The first-order chi connectivity index (χ1) is 32.2.